The Balaban J connectivity index is 2.14. The Morgan fingerprint density at radius 3 is 2.32 bits per heavy atom. The Morgan fingerprint density at radius 2 is 1.68 bits per heavy atom. The van der Waals surface area contributed by atoms with Crippen LogP contribution in [-0.2, 0) is 0 Å². The molecule has 2 rings (SSSR count). The summed E-state index contributed by atoms with van der Waals surface area (Å²) in [5.74, 6) is 0.0325. The molecule has 0 aromatic heterocycles. The third-order valence-corrected chi connectivity index (χ3v) is 3.82. The van der Waals surface area contributed by atoms with Crippen LogP contribution in [0.3, 0.4) is 0 Å². The number of aryl methyl sites for hydroxylation is 1. The summed E-state index contributed by atoms with van der Waals surface area (Å²) in [5.41, 5.74) is 2.80. The van der Waals surface area contributed by atoms with Crippen molar-refractivity contribution in [3.63, 3.8) is 0 Å². The lowest BCUT2D eigenvalue weighted by Crippen LogP contribution is -2.35. The van der Waals surface area contributed by atoms with Crippen LogP contribution in [0.4, 0.5) is 10.1 Å². The number of halogens is 1. The quantitative estimate of drug-likeness (QED) is 0.791. The molecule has 0 spiro atoms. The minimum absolute atomic E-state index is 0.0768. The van der Waals surface area contributed by atoms with Crippen LogP contribution in [0.5, 0.6) is 0 Å². The van der Waals surface area contributed by atoms with Gasteiger partial charge in [-0.25, -0.2) is 4.39 Å². The maximum atomic E-state index is 13.7. The van der Waals surface area contributed by atoms with Gasteiger partial charge in [-0.05, 0) is 48.3 Å². The number of rotatable bonds is 4. The van der Waals surface area contributed by atoms with E-state index in [0.717, 1.165) is 0 Å². The molecule has 0 aliphatic heterocycles. The van der Waals surface area contributed by atoms with Crippen molar-refractivity contribution in [3.8, 4) is 0 Å². The van der Waals surface area contributed by atoms with Gasteiger partial charge < -0.3 is 10.6 Å². The van der Waals surface area contributed by atoms with E-state index in [1.165, 1.54) is 17.2 Å². The second-order valence-corrected chi connectivity index (χ2v) is 6.06. The third kappa shape index (κ3) is 4.04. The molecular weight excluding hydrogens is 295 g/mol. The van der Waals surface area contributed by atoms with Crippen LogP contribution in [-0.4, -0.2) is 5.11 Å². The molecule has 0 radical (unpaired) electrons. The Kier molecular flexibility index (Phi) is 5.50. The molecule has 2 N–H and O–H groups in total. The highest BCUT2D eigenvalue weighted by atomic mass is 32.1. The van der Waals surface area contributed by atoms with Gasteiger partial charge in [0.25, 0.3) is 0 Å². The Hall–Kier alpha value is -1.94. The van der Waals surface area contributed by atoms with Gasteiger partial charge in [-0.2, -0.15) is 0 Å². The lowest BCUT2D eigenvalue weighted by atomic mass is 9.93. The molecule has 0 bridgehead atoms. The molecule has 1 atom stereocenters. The Morgan fingerprint density at radius 1 is 1.05 bits per heavy atom. The summed E-state index contributed by atoms with van der Waals surface area (Å²) in [6.45, 7) is 6.35. The molecule has 116 valence electrons. The number of hydrogen-bond acceptors (Lipinski definition) is 1. The van der Waals surface area contributed by atoms with E-state index in [2.05, 4.69) is 43.5 Å². The molecule has 4 heteroatoms. The predicted octanol–water partition coefficient (Wildman–Crippen LogP) is 4.82. The van der Waals surface area contributed by atoms with E-state index in [0.29, 0.717) is 16.7 Å². The average molecular weight is 316 g/mol. The topological polar surface area (TPSA) is 24.1 Å². The normalized spacial score (nSPS) is 12.0. The molecule has 0 amide bonds. The molecule has 0 heterocycles. The largest absolute Gasteiger partial charge is 0.355 e. The van der Waals surface area contributed by atoms with Gasteiger partial charge >= 0.3 is 0 Å². The standard InChI is InChI=1S/C18H21FN2S/c1-12(2)17(14-9-5-4-8-13(14)3)21-18(22)20-16-11-7-6-10-15(16)19/h4-12,17H,1-3H3,(H2,20,21,22)/t17-/m1/s1. The molecule has 22 heavy (non-hydrogen) atoms. The predicted molar refractivity (Wildman–Crippen MR) is 94.5 cm³/mol. The van der Waals surface area contributed by atoms with Gasteiger partial charge in [0.05, 0.1) is 11.7 Å². The number of hydrogen-bond donors (Lipinski definition) is 2. The first-order chi connectivity index (χ1) is 10.5. The monoisotopic (exact) mass is 316 g/mol. The van der Waals surface area contributed by atoms with Gasteiger partial charge in [0.1, 0.15) is 5.82 Å². The number of benzene rings is 2. The molecule has 2 aromatic carbocycles. The molecule has 0 saturated heterocycles. The SMILES string of the molecule is Cc1ccccc1[C@H](NC(=S)Nc1ccccc1F)C(C)C. The molecular formula is C18H21FN2S. The Bertz CT molecular complexity index is 655. The van der Waals surface area contributed by atoms with Crippen LogP contribution in [0.2, 0.25) is 0 Å². The van der Waals surface area contributed by atoms with Crippen LogP contribution < -0.4 is 10.6 Å². The lowest BCUT2D eigenvalue weighted by molar-refractivity contribution is 0.471. The van der Waals surface area contributed by atoms with Crippen LogP contribution >= 0.6 is 12.2 Å². The van der Waals surface area contributed by atoms with Crippen LogP contribution in [0.1, 0.15) is 31.0 Å². The number of anilines is 1. The second kappa shape index (κ2) is 7.36. The van der Waals surface area contributed by atoms with Gasteiger partial charge in [0, 0.05) is 0 Å². The zero-order valence-corrected chi connectivity index (χ0v) is 13.9. The highest BCUT2D eigenvalue weighted by Gasteiger charge is 2.18. The van der Waals surface area contributed by atoms with Gasteiger partial charge in [-0.3, -0.25) is 0 Å². The van der Waals surface area contributed by atoms with E-state index in [-0.39, 0.29) is 11.9 Å². The summed E-state index contributed by atoms with van der Waals surface area (Å²) in [5, 5.41) is 6.66. The maximum Gasteiger partial charge on any atom is 0.171 e. The lowest BCUT2D eigenvalue weighted by Gasteiger charge is -2.26. The van der Waals surface area contributed by atoms with Gasteiger partial charge in [-0.1, -0.05) is 50.2 Å². The van der Waals surface area contributed by atoms with Crippen molar-refractivity contribution < 1.29 is 4.39 Å². The smallest absolute Gasteiger partial charge is 0.171 e. The first-order valence-electron chi connectivity index (χ1n) is 7.36. The van der Waals surface area contributed by atoms with Crippen LogP contribution in [0, 0.1) is 18.7 Å². The molecule has 0 aliphatic rings. The summed E-state index contributed by atoms with van der Waals surface area (Å²) < 4.78 is 13.7. The van der Waals surface area contributed by atoms with Crippen molar-refractivity contribution in [2.24, 2.45) is 5.92 Å². The van der Waals surface area contributed by atoms with Crippen molar-refractivity contribution in [1.82, 2.24) is 5.32 Å². The van der Waals surface area contributed by atoms with Crippen molar-refractivity contribution in [3.05, 3.63) is 65.5 Å². The van der Waals surface area contributed by atoms with Crippen LogP contribution in [0.25, 0.3) is 0 Å². The average Bonchev–Trinajstić information content (AvgIpc) is 2.48. The molecule has 0 aliphatic carbocycles. The molecule has 2 nitrogen and oxygen atoms in total. The van der Waals surface area contributed by atoms with Crippen molar-refractivity contribution in [2.75, 3.05) is 5.32 Å². The second-order valence-electron chi connectivity index (χ2n) is 5.66. The van der Waals surface area contributed by atoms with Gasteiger partial charge in [-0.15, -0.1) is 0 Å². The zero-order chi connectivity index (χ0) is 16.1. The summed E-state index contributed by atoms with van der Waals surface area (Å²) in [7, 11) is 0. The highest BCUT2D eigenvalue weighted by Crippen LogP contribution is 2.25. The fourth-order valence-electron chi connectivity index (χ4n) is 2.40. The molecule has 2 aromatic rings. The molecule has 0 fully saturated rings. The minimum Gasteiger partial charge on any atom is -0.355 e. The number of nitrogens with one attached hydrogen (secondary N) is 2. The highest BCUT2D eigenvalue weighted by molar-refractivity contribution is 7.80. The first-order valence-corrected chi connectivity index (χ1v) is 7.77. The number of para-hydroxylation sites is 1. The van der Waals surface area contributed by atoms with Gasteiger partial charge in [0.15, 0.2) is 5.11 Å². The maximum absolute atomic E-state index is 13.7. The minimum atomic E-state index is -0.316. The van der Waals surface area contributed by atoms with Gasteiger partial charge in [0.2, 0.25) is 0 Å². The van der Waals surface area contributed by atoms with E-state index in [1.807, 2.05) is 12.1 Å². The molecule has 0 unspecified atom stereocenters. The van der Waals surface area contributed by atoms with Crippen molar-refractivity contribution in [2.45, 2.75) is 26.8 Å². The van der Waals surface area contributed by atoms with E-state index in [9.17, 15) is 4.39 Å². The van der Waals surface area contributed by atoms with Crippen molar-refractivity contribution >= 4 is 23.0 Å². The fraction of sp³-hybridized carbons (Fsp3) is 0.278. The summed E-state index contributed by atoms with van der Waals surface area (Å²) in [6, 6.07) is 14.8. The van der Waals surface area contributed by atoms with E-state index in [4.69, 9.17) is 12.2 Å². The molecule has 0 saturated carbocycles. The summed E-state index contributed by atoms with van der Waals surface area (Å²) >= 11 is 5.35. The number of thiocarbonyl (C=S) groups is 1. The summed E-state index contributed by atoms with van der Waals surface area (Å²) in [4.78, 5) is 0. The first kappa shape index (κ1) is 16.4. The fourth-order valence-corrected chi connectivity index (χ4v) is 2.64. The Labute approximate surface area is 136 Å². The van der Waals surface area contributed by atoms with E-state index < -0.39 is 0 Å². The van der Waals surface area contributed by atoms with Crippen molar-refractivity contribution in [1.29, 1.82) is 0 Å². The zero-order valence-electron chi connectivity index (χ0n) is 13.1. The van der Waals surface area contributed by atoms with E-state index in [1.54, 1.807) is 18.2 Å². The third-order valence-electron chi connectivity index (χ3n) is 3.60. The van der Waals surface area contributed by atoms with Crippen LogP contribution in [0.15, 0.2) is 48.5 Å². The van der Waals surface area contributed by atoms with E-state index >= 15 is 0 Å². The summed E-state index contributed by atoms with van der Waals surface area (Å²) in [6.07, 6.45) is 0.